The maximum atomic E-state index is 9.31. The molecule has 10 heavy (non-hydrogen) atoms. The summed E-state index contributed by atoms with van der Waals surface area (Å²) < 4.78 is 0. The van der Waals surface area contributed by atoms with Crippen molar-refractivity contribution in [1.29, 1.82) is 0 Å². The van der Waals surface area contributed by atoms with Gasteiger partial charge < -0.3 is 10.2 Å². The van der Waals surface area contributed by atoms with E-state index in [1.807, 2.05) is 13.8 Å². The number of rotatable bonds is 0. The zero-order valence-corrected chi connectivity index (χ0v) is 6.62. The van der Waals surface area contributed by atoms with E-state index >= 15 is 0 Å². The van der Waals surface area contributed by atoms with E-state index in [1.54, 1.807) is 0 Å². The van der Waals surface area contributed by atoms with Gasteiger partial charge in [-0.05, 0) is 24.7 Å². The Morgan fingerprint density at radius 2 is 1.30 bits per heavy atom. The lowest BCUT2D eigenvalue weighted by molar-refractivity contribution is -0.0237. The summed E-state index contributed by atoms with van der Waals surface area (Å²) >= 11 is 0. The average Bonchev–Trinajstić information content (AvgIpc) is 1.84. The van der Waals surface area contributed by atoms with Crippen molar-refractivity contribution in [3.05, 3.63) is 0 Å². The van der Waals surface area contributed by atoms with Gasteiger partial charge in [0.2, 0.25) is 0 Å². The predicted octanol–water partition coefficient (Wildman–Crippen LogP) is 0.774. The Hall–Kier alpha value is -0.0800. The predicted molar refractivity (Wildman–Crippen MR) is 39.6 cm³/mol. The molecule has 2 N–H and O–H groups in total. The molecule has 1 rings (SSSR count). The Kier molecular flexibility index (Phi) is 2.32. The monoisotopic (exact) mass is 144 g/mol. The molecule has 60 valence electrons. The first-order chi connectivity index (χ1) is 4.61. The molecule has 0 aromatic carbocycles. The summed E-state index contributed by atoms with van der Waals surface area (Å²) in [7, 11) is 0. The van der Waals surface area contributed by atoms with Crippen molar-refractivity contribution in [2.45, 2.75) is 38.9 Å². The molecular formula is C8H16O2. The van der Waals surface area contributed by atoms with Gasteiger partial charge in [0.25, 0.3) is 0 Å². The molecule has 1 fully saturated rings. The van der Waals surface area contributed by atoms with Gasteiger partial charge in [-0.3, -0.25) is 0 Å². The lowest BCUT2D eigenvalue weighted by Crippen LogP contribution is -2.35. The number of aliphatic hydroxyl groups is 2. The van der Waals surface area contributed by atoms with E-state index in [9.17, 15) is 10.2 Å². The van der Waals surface area contributed by atoms with Crippen molar-refractivity contribution in [3.8, 4) is 0 Å². The minimum Gasteiger partial charge on any atom is -0.393 e. The van der Waals surface area contributed by atoms with Gasteiger partial charge in [0.1, 0.15) is 0 Å². The summed E-state index contributed by atoms with van der Waals surface area (Å²) in [5, 5.41) is 18.6. The van der Waals surface area contributed by atoms with Gasteiger partial charge in [0.15, 0.2) is 0 Å². The van der Waals surface area contributed by atoms with Gasteiger partial charge in [-0.1, -0.05) is 13.8 Å². The number of hydrogen-bond acceptors (Lipinski definition) is 2. The largest absolute Gasteiger partial charge is 0.393 e. The highest BCUT2D eigenvalue weighted by Crippen LogP contribution is 2.28. The van der Waals surface area contributed by atoms with Crippen LogP contribution in [0, 0.1) is 11.8 Å². The zero-order valence-electron chi connectivity index (χ0n) is 6.62. The van der Waals surface area contributed by atoms with E-state index in [-0.39, 0.29) is 12.2 Å². The molecule has 1 aliphatic rings. The molecule has 1 saturated carbocycles. The van der Waals surface area contributed by atoms with E-state index in [0.29, 0.717) is 18.3 Å². The maximum absolute atomic E-state index is 9.31. The van der Waals surface area contributed by atoms with Gasteiger partial charge in [0.05, 0.1) is 12.2 Å². The van der Waals surface area contributed by atoms with Crippen LogP contribution < -0.4 is 0 Å². The lowest BCUT2D eigenvalue weighted by Gasteiger charge is -2.33. The molecule has 0 bridgehead atoms. The normalized spacial score (nSPS) is 49.2. The van der Waals surface area contributed by atoms with Crippen molar-refractivity contribution in [2.24, 2.45) is 11.8 Å². The molecular weight excluding hydrogens is 128 g/mol. The average molecular weight is 144 g/mol. The van der Waals surface area contributed by atoms with Gasteiger partial charge in [-0.2, -0.15) is 0 Å². The zero-order chi connectivity index (χ0) is 7.72. The van der Waals surface area contributed by atoms with Crippen LogP contribution in [0.1, 0.15) is 26.7 Å². The molecule has 2 nitrogen and oxygen atoms in total. The van der Waals surface area contributed by atoms with Crippen LogP contribution in [0.2, 0.25) is 0 Å². The first-order valence-electron chi connectivity index (χ1n) is 3.97. The van der Waals surface area contributed by atoms with E-state index in [4.69, 9.17) is 0 Å². The van der Waals surface area contributed by atoms with Crippen molar-refractivity contribution < 1.29 is 10.2 Å². The minimum absolute atomic E-state index is 0.286. The second kappa shape index (κ2) is 2.89. The Morgan fingerprint density at radius 3 is 1.60 bits per heavy atom. The molecule has 0 radical (unpaired) electrons. The van der Waals surface area contributed by atoms with Crippen molar-refractivity contribution >= 4 is 0 Å². The van der Waals surface area contributed by atoms with E-state index in [2.05, 4.69) is 0 Å². The smallest absolute Gasteiger partial charge is 0.0590 e. The first kappa shape index (κ1) is 8.02. The minimum atomic E-state index is -0.286. The SMILES string of the molecule is C[C@@H]1C[C@H](C)[C@@H](O)C[C@H]1O. The van der Waals surface area contributed by atoms with Crippen molar-refractivity contribution in [3.63, 3.8) is 0 Å². The molecule has 0 heterocycles. The maximum Gasteiger partial charge on any atom is 0.0590 e. The lowest BCUT2D eigenvalue weighted by atomic mass is 9.79. The Balaban J connectivity index is 2.46. The molecule has 0 saturated heterocycles. The Labute approximate surface area is 61.9 Å². The molecule has 0 unspecified atom stereocenters. The summed E-state index contributed by atoms with van der Waals surface area (Å²) in [6.45, 7) is 4.07. The quantitative estimate of drug-likeness (QED) is 0.527. The highest BCUT2D eigenvalue weighted by atomic mass is 16.3. The van der Waals surface area contributed by atoms with Gasteiger partial charge in [-0.25, -0.2) is 0 Å². The van der Waals surface area contributed by atoms with Gasteiger partial charge in [-0.15, -0.1) is 0 Å². The summed E-state index contributed by atoms with van der Waals surface area (Å²) in [6.07, 6.45) is 0.933. The molecule has 0 amide bonds. The van der Waals surface area contributed by atoms with Crippen LogP contribution in [0.4, 0.5) is 0 Å². The van der Waals surface area contributed by atoms with Crippen LogP contribution in [-0.2, 0) is 0 Å². The summed E-state index contributed by atoms with van der Waals surface area (Å²) in [6, 6.07) is 0. The van der Waals surface area contributed by atoms with Crippen LogP contribution in [0.25, 0.3) is 0 Å². The molecule has 0 aromatic rings. The van der Waals surface area contributed by atoms with Crippen LogP contribution >= 0.6 is 0 Å². The summed E-state index contributed by atoms with van der Waals surface area (Å²) in [5.41, 5.74) is 0. The molecule has 1 aliphatic carbocycles. The topological polar surface area (TPSA) is 40.5 Å². The molecule has 2 heteroatoms. The van der Waals surface area contributed by atoms with E-state index in [1.165, 1.54) is 0 Å². The highest BCUT2D eigenvalue weighted by Gasteiger charge is 2.29. The van der Waals surface area contributed by atoms with E-state index in [0.717, 1.165) is 6.42 Å². The van der Waals surface area contributed by atoms with Crippen LogP contribution in [0.3, 0.4) is 0 Å². The van der Waals surface area contributed by atoms with Gasteiger partial charge >= 0.3 is 0 Å². The molecule has 4 atom stereocenters. The second-order valence-corrected chi connectivity index (χ2v) is 3.56. The third-order valence-electron chi connectivity index (χ3n) is 2.54. The van der Waals surface area contributed by atoms with E-state index < -0.39 is 0 Å². The fourth-order valence-electron chi connectivity index (χ4n) is 1.61. The number of aliphatic hydroxyl groups excluding tert-OH is 2. The third-order valence-corrected chi connectivity index (χ3v) is 2.54. The van der Waals surface area contributed by atoms with Crippen LogP contribution in [0.5, 0.6) is 0 Å². The van der Waals surface area contributed by atoms with Gasteiger partial charge in [0, 0.05) is 0 Å². The summed E-state index contributed by atoms with van der Waals surface area (Å²) in [4.78, 5) is 0. The van der Waals surface area contributed by atoms with Crippen molar-refractivity contribution in [2.75, 3.05) is 0 Å². The molecule has 0 spiro atoms. The number of hydrogen-bond donors (Lipinski definition) is 2. The standard InChI is InChI=1S/C8H16O2/c1-5-3-6(2)8(10)4-7(5)9/h5-10H,3-4H2,1-2H3/t5-,6+,7-,8+. The highest BCUT2D eigenvalue weighted by molar-refractivity contribution is 4.80. The van der Waals surface area contributed by atoms with Crippen LogP contribution in [-0.4, -0.2) is 22.4 Å². The first-order valence-corrected chi connectivity index (χ1v) is 3.97. The second-order valence-electron chi connectivity index (χ2n) is 3.56. The Morgan fingerprint density at radius 1 is 0.900 bits per heavy atom. The van der Waals surface area contributed by atoms with Crippen LogP contribution in [0.15, 0.2) is 0 Å². The fraction of sp³-hybridized carbons (Fsp3) is 1.00. The molecule has 0 aliphatic heterocycles. The Bertz CT molecular complexity index is 87.8. The molecule has 0 aromatic heterocycles. The van der Waals surface area contributed by atoms with Crippen molar-refractivity contribution in [1.82, 2.24) is 0 Å². The third kappa shape index (κ3) is 1.50. The summed E-state index contributed by atoms with van der Waals surface area (Å²) in [5.74, 6) is 0.719. The fourth-order valence-corrected chi connectivity index (χ4v) is 1.61.